The van der Waals surface area contributed by atoms with Crippen LogP contribution in [0.2, 0.25) is 5.02 Å². The number of urea groups is 1. The van der Waals surface area contributed by atoms with Crippen molar-refractivity contribution in [1.82, 2.24) is 5.32 Å². The highest BCUT2D eigenvalue weighted by molar-refractivity contribution is 6.33. The molecule has 1 aliphatic carbocycles. The second kappa shape index (κ2) is 7.13. The zero-order chi connectivity index (χ0) is 18.0. The number of fused-ring (bicyclic) bond motifs is 1. The molecule has 3 N–H and O–H groups in total. The Balaban J connectivity index is 1.72. The van der Waals surface area contributed by atoms with Crippen LogP contribution < -0.4 is 10.6 Å². The van der Waals surface area contributed by atoms with E-state index in [1.807, 2.05) is 24.3 Å². The second-order valence-corrected chi connectivity index (χ2v) is 6.14. The molecule has 2 aromatic rings. The molecule has 0 unspecified atom stereocenters. The monoisotopic (exact) mass is 360 g/mol. The van der Waals surface area contributed by atoms with E-state index in [1.54, 1.807) is 6.07 Å². The average molecular weight is 361 g/mol. The number of halogens is 1. The van der Waals surface area contributed by atoms with Gasteiger partial charge in [-0.05, 0) is 29.3 Å². The first kappa shape index (κ1) is 17.3. The Morgan fingerprint density at radius 3 is 2.76 bits per heavy atom. The van der Waals surface area contributed by atoms with E-state index in [9.17, 15) is 14.7 Å². The summed E-state index contributed by atoms with van der Waals surface area (Å²) in [5.74, 6) is -0.589. The van der Waals surface area contributed by atoms with Gasteiger partial charge in [-0.15, -0.1) is 0 Å². The van der Waals surface area contributed by atoms with Crippen LogP contribution in [0.4, 0.5) is 10.5 Å². The molecular weight excluding hydrogens is 344 g/mol. The van der Waals surface area contributed by atoms with E-state index in [0.717, 1.165) is 11.1 Å². The largest absolute Gasteiger partial charge is 0.465 e. The molecule has 0 radical (unpaired) electrons. The summed E-state index contributed by atoms with van der Waals surface area (Å²) in [5.41, 5.74) is 2.47. The number of carbonyl (C=O) groups is 2. The van der Waals surface area contributed by atoms with Gasteiger partial charge in [-0.2, -0.15) is 0 Å². The molecule has 0 heterocycles. The van der Waals surface area contributed by atoms with Crippen LogP contribution in [-0.2, 0) is 11.2 Å². The van der Waals surface area contributed by atoms with Crippen LogP contribution in [0.15, 0.2) is 42.5 Å². The van der Waals surface area contributed by atoms with Crippen molar-refractivity contribution in [3.05, 3.63) is 64.2 Å². The van der Waals surface area contributed by atoms with Gasteiger partial charge in [-0.25, -0.2) is 9.59 Å². The molecule has 6 nitrogen and oxygen atoms in total. The van der Waals surface area contributed by atoms with E-state index in [4.69, 9.17) is 11.6 Å². The zero-order valence-electron chi connectivity index (χ0n) is 13.5. The number of hydrogen-bond acceptors (Lipinski definition) is 4. The Bertz CT molecular complexity index is 824. The van der Waals surface area contributed by atoms with Gasteiger partial charge in [0.1, 0.15) is 0 Å². The summed E-state index contributed by atoms with van der Waals surface area (Å²) >= 11 is 5.96. The number of aliphatic hydroxyl groups is 1. The number of hydrogen-bond donors (Lipinski definition) is 3. The summed E-state index contributed by atoms with van der Waals surface area (Å²) in [6.45, 7) is 0. The number of anilines is 1. The molecule has 130 valence electrons. The molecule has 25 heavy (non-hydrogen) atoms. The van der Waals surface area contributed by atoms with E-state index < -0.39 is 24.1 Å². The maximum absolute atomic E-state index is 12.3. The smallest absolute Gasteiger partial charge is 0.339 e. The summed E-state index contributed by atoms with van der Waals surface area (Å²) in [6.07, 6.45) is -0.187. The van der Waals surface area contributed by atoms with Gasteiger partial charge in [-0.3, -0.25) is 0 Å². The number of ether oxygens (including phenoxy) is 1. The highest BCUT2D eigenvalue weighted by atomic mass is 35.5. The summed E-state index contributed by atoms with van der Waals surface area (Å²) < 4.78 is 4.65. The van der Waals surface area contributed by atoms with Crippen molar-refractivity contribution >= 4 is 29.3 Å². The van der Waals surface area contributed by atoms with E-state index in [-0.39, 0.29) is 10.6 Å². The molecule has 0 saturated heterocycles. The standard InChI is InChI=1S/C18H17ClN2O4/c1-25-17(23)13-9-11(6-7-14(13)19)20-18(24)21-16-12-5-3-2-4-10(12)8-15(16)22/h2-7,9,15-16,22H,8H2,1H3,(H2,20,21,24)/t15-,16+/m0/s1. The summed E-state index contributed by atoms with van der Waals surface area (Å²) in [4.78, 5) is 23.9. The van der Waals surface area contributed by atoms with Gasteiger partial charge in [0.15, 0.2) is 0 Å². The van der Waals surface area contributed by atoms with Crippen LogP contribution in [-0.4, -0.2) is 30.3 Å². The first-order valence-electron chi connectivity index (χ1n) is 7.71. The molecule has 0 bridgehead atoms. The highest BCUT2D eigenvalue weighted by Gasteiger charge is 2.31. The van der Waals surface area contributed by atoms with E-state index >= 15 is 0 Å². The molecule has 0 spiro atoms. The fraction of sp³-hybridized carbons (Fsp3) is 0.222. The second-order valence-electron chi connectivity index (χ2n) is 5.73. The van der Waals surface area contributed by atoms with Crippen LogP contribution in [0.25, 0.3) is 0 Å². The van der Waals surface area contributed by atoms with E-state index in [1.165, 1.54) is 19.2 Å². The van der Waals surface area contributed by atoms with Crippen molar-refractivity contribution in [2.45, 2.75) is 18.6 Å². The summed E-state index contributed by atoms with van der Waals surface area (Å²) in [5, 5.41) is 15.8. The minimum absolute atomic E-state index is 0.160. The Labute approximate surface area is 149 Å². The SMILES string of the molecule is COC(=O)c1cc(NC(=O)N[C@@H]2c3ccccc3C[C@@H]2O)ccc1Cl. The van der Waals surface area contributed by atoms with Crippen LogP contribution in [0.3, 0.4) is 0 Å². The Morgan fingerprint density at radius 1 is 1.24 bits per heavy atom. The van der Waals surface area contributed by atoms with Gasteiger partial charge in [-0.1, -0.05) is 35.9 Å². The van der Waals surface area contributed by atoms with Gasteiger partial charge < -0.3 is 20.5 Å². The van der Waals surface area contributed by atoms with E-state index in [2.05, 4.69) is 15.4 Å². The third-order valence-corrected chi connectivity index (χ3v) is 4.45. The number of aliphatic hydroxyl groups excluding tert-OH is 1. The third-order valence-electron chi connectivity index (χ3n) is 4.12. The maximum Gasteiger partial charge on any atom is 0.339 e. The van der Waals surface area contributed by atoms with Crippen molar-refractivity contribution in [2.24, 2.45) is 0 Å². The zero-order valence-corrected chi connectivity index (χ0v) is 14.2. The van der Waals surface area contributed by atoms with Gasteiger partial charge in [0, 0.05) is 12.1 Å². The van der Waals surface area contributed by atoms with Gasteiger partial charge in [0.2, 0.25) is 0 Å². The Kier molecular flexibility index (Phi) is 4.92. The lowest BCUT2D eigenvalue weighted by molar-refractivity contribution is 0.0601. The minimum atomic E-state index is -0.681. The molecule has 0 fully saturated rings. The molecule has 3 rings (SSSR count). The summed E-state index contributed by atoms with van der Waals surface area (Å²) in [7, 11) is 1.25. The van der Waals surface area contributed by atoms with Gasteiger partial charge in [0.25, 0.3) is 0 Å². The van der Waals surface area contributed by atoms with Crippen molar-refractivity contribution < 1.29 is 19.4 Å². The van der Waals surface area contributed by atoms with Crippen LogP contribution >= 0.6 is 11.6 Å². The van der Waals surface area contributed by atoms with Crippen molar-refractivity contribution in [1.29, 1.82) is 0 Å². The molecule has 1 aliphatic rings. The summed E-state index contributed by atoms with van der Waals surface area (Å²) in [6, 6.07) is 11.1. The number of esters is 1. The molecule has 2 amide bonds. The topological polar surface area (TPSA) is 87.7 Å². The van der Waals surface area contributed by atoms with Crippen LogP contribution in [0, 0.1) is 0 Å². The fourth-order valence-electron chi connectivity index (χ4n) is 2.93. The molecule has 2 atom stereocenters. The van der Waals surface area contributed by atoms with Gasteiger partial charge >= 0.3 is 12.0 Å². The average Bonchev–Trinajstić information content (AvgIpc) is 2.91. The first-order valence-corrected chi connectivity index (χ1v) is 8.08. The minimum Gasteiger partial charge on any atom is -0.465 e. The van der Waals surface area contributed by atoms with E-state index in [0.29, 0.717) is 12.1 Å². The number of nitrogens with one attached hydrogen (secondary N) is 2. The predicted molar refractivity (Wildman–Crippen MR) is 93.8 cm³/mol. The lowest BCUT2D eigenvalue weighted by atomic mass is 10.1. The van der Waals surface area contributed by atoms with Gasteiger partial charge in [0.05, 0.1) is 29.8 Å². The molecule has 7 heteroatoms. The highest BCUT2D eigenvalue weighted by Crippen LogP contribution is 2.31. The number of amides is 2. The number of rotatable bonds is 3. The molecule has 0 aliphatic heterocycles. The van der Waals surface area contributed by atoms with Crippen molar-refractivity contribution in [2.75, 3.05) is 12.4 Å². The predicted octanol–water partition coefficient (Wildman–Crippen LogP) is 2.91. The molecule has 2 aromatic carbocycles. The number of benzene rings is 2. The maximum atomic E-state index is 12.3. The number of methoxy groups -OCH3 is 1. The van der Waals surface area contributed by atoms with Crippen molar-refractivity contribution in [3.8, 4) is 0 Å². The lowest BCUT2D eigenvalue weighted by Crippen LogP contribution is -2.36. The third kappa shape index (κ3) is 3.60. The number of carbonyl (C=O) groups excluding carboxylic acids is 2. The van der Waals surface area contributed by atoms with Crippen LogP contribution in [0.1, 0.15) is 27.5 Å². The van der Waals surface area contributed by atoms with Crippen molar-refractivity contribution in [3.63, 3.8) is 0 Å². The molecule has 0 saturated carbocycles. The normalized spacial score (nSPS) is 18.4. The lowest BCUT2D eigenvalue weighted by Gasteiger charge is -2.18. The quantitative estimate of drug-likeness (QED) is 0.734. The Morgan fingerprint density at radius 2 is 2.00 bits per heavy atom. The first-order chi connectivity index (χ1) is 12.0. The van der Waals surface area contributed by atoms with Crippen LogP contribution in [0.5, 0.6) is 0 Å². The molecule has 0 aromatic heterocycles. The fourth-order valence-corrected chi connectivity index (χ4v) is 3.12. The Hall–Kier alpha value is -2.57. The molecular formula is C18H17ClN2O4.